The van der Waals surface area contributed by atoms with Crippen LogP contribution in [0.2, 0.25) is 0 Å². The molecule has 0 atom stereocenters. The van der Waals surface area contributed by atoms with E-state index >= 15 is 0 Å². The number of anilines is 2. The van der Waals surface area contributed by atoms with Gasteiger partial charge in [0.1, 0.15) is 5.75 Å². The fourth-order valence-electron chi connectivity index (χ4n) is 3.54. The van der Waals surface area contributed by atoms with Crippen molar-refractivity contribution in [1.29, 1.82) is 0 Å². The van der Waals surface area contributed by atoms with Gasteiger partial charge in [-0.05, 0) is 64.0 Å². The van der Waals surface area contributed by atoms with Crippen molar-refractivity contribution in [2.75, 3.05) is 44.0 Å². The lowest BCUT2D eigenvalue weighted by Gasteiger charge is -2.30. The van der Waals surface area contributed by atoms with Gasteiger partial charge in [-0.3, -0.25) is 4.79 Å². The highest BCUT2D eigenvalue weighted by Gasteiger charge is 2.23. The Morgan fingerprint density at radius 3 is 2.65 bits per heavy atom. The van der Waals surface area contributed by atoms with Crippen LogP contribution in [-0.4, -0.2) is 56.7 Å². The summed E-state index contributed by atoms with van der Waals surface area (Å²) in [5, 5.41) is 5.92. The minimum atomic E-state index is -0.208. The lowest BCUT2D eigenvalue weighted by molar-refractivity contribution is -0.119. The van der Waals surface area contributed by atoms with E-state index in [2.05, 4.69) is 22.6 Å². The van der Waals surface area contributed by atoms with E-state index in [-0.39, 0.29) is 18.0 Å². The Morgan fingerprint density at radius 1 is 1.19 bits per heavy atom. The summed E-state index contributed by atoms with van der Waals surface area (Å²) in [7, 11) is 3.68. The number of likely N-dealkylation sites (tertiary alicyclic amines) is 1. The van der Waals surface area contributed by atoms with Crippen LogP contribution in [-0.2, 0) is 4.79 Å². The molecule has 0 aromatic heterocycles. The molecule has 3 rings (SSSR count). The fraction of sp³-hybridized carbons (Fsp3) is 0.579. The number of hydrogen-bond acceptors (Lipinski definition) is 4. The summed E-state index contributed by atoms with van der Waals surface area (Å²) < 4.78 is 5.41. The Labute approximate surface area is 154 Å². The lowest BCUT2D eigenvalue weighted by Crippen LogP contribution is -2.44. The molecule has 0 spiro atoms. The number of piperidine rings is 2. The molecule has 7 nitrogen and oxygen atoms in total. The van der Waals surface area contributed by atoms with E-state index in [1.165, 1.54) is 0 Å². The summed E-state index contributed by atoms with van der Waals surface area (Å²) in [6, 6.07) is 5.40. The van der Waals surface area contributed by atoms with Crippen molar-refractivity contribution in [3.63, 3.8) is 0 Å². The maximum atomic E-state index is 12.3. The topological polar surface area (TPSA) is 73.9 Å². The average Bonchev–Trinajstić information content (AvgIpc) is 2.64. The Balaban J connectivity index is 1.67. The first-order chi connectivity index (χ1) is 12.6. The first-order valence-corrected chi connectivity index (χ1v) is 9.31. The molecule has 1 aromatic carbocycles. The molecule has 0 unspecified atom stereocenters. The number of ether oxygens (including phenoxy) is 1. The minimum Gasteiger partial charge on any atom is -0.495 e. The van der Waals surface area contributed by atoms with Gasteiger partial charge in [-0.25, -0.2) is 4.79 Å². The Morgan fingerprint density at radius 2 is 1.96 bits per heavy atom. The average molecular weight is 360 g/mol. The third-order valence-electron chi connectivity index (χ3n) is 5.10. The van der Waals surface area contributed by atoms with Gasteiger partial charge in [-0.1, -0.05) is 0 Å². The van der Waals surface area contributed by atoms with Gasteiger partial charge >= 0.3 is 6.03 Å². The van der Waals surface area contributed by atoms with E-state index in [1.807, 2.05) is 6.07 Å². The summed E-state index contributed by atoms with van der Waals surface area (Å²) in [6.07, 6.45) is 4.37. The molecule has 0 aliphatic carbocycles. The third kappa shape index (κ3) is 4.46. The summed E-state index contributed by atoms with van der Waals surface area (Å²) >= 11 is 0. The molecule has 7 heteroatoms. The van der Waals surface area contributed by atoms with Gasteiger partial charge in [0, 0.05) is 24.7 Å². The van der Waals surface area contributed by atoms with Crippen LogP contribution in [0.25, 0.3) is 0 Å². The van der Waals surface area contributed by atoms with E-state index in [4.69, 9.17) is 4.74 Å². The number of rotatable bonds is 4. The quantitative estimate of drug-likeness (QED) is 0.865. The standard InChI is InChI=1S/C19H28N4O3/c1-22-11-8-14(9-12-22)20-19(25)21-15-6-7-17(26-2)16(13-15)23-10-4-3-5-18(23)24/h6-7,13-14H,3-5,8-12H2,1-2H3,(H2,20,21,25). The second kappa shape index (κ2) is 8.40. The van der Waals surface area contributed by atoms with Gasteiger partial charge in [0.2, 0.25) is 5.91 Å². The van der Waals surface area contributed by atoms with Crippen molar-refractivity contribution < 1.29 is 14.3 Å². The van der Waals surface area contributed by atoms with Crippen LogP contribution < -0.4 is 20.3 Å². The molecule has 0 saturated carbocycles. The molecule has 0 radical (unpaired) electrons. The SMILES string of the molecule is COc1ccc(NC(=O)NC2CCN(C)CC2)cc1N1CCCCC1=O. The third-order valence-corrected chi connectivity index (χ3v) is 5.10. The Kier molecular flexibility index (Phi) is 5.98. The van der Waals surface area contributed by atoms with E-state index in [1.54, 1.807) is 24.1 Å². The first-order valence-electron chi connectivity index (χ1n) is 9.31. The zero-order chi connectivity index (χ0) is 18.5. The van der Waals surface area contributed by atoms with Crippen LogP contribution in [0.1, 0.15) is 32.1 Å². The monoisotopic (exact) mass is 360 g/mol. The van der Waals surface area contributed by atoms with Gasteiger partial charge in [0.15, 0.2) is 0 Å². The number of urea groups is 1. The Bertz CT molecular complexity index is 656. The zero-order valence-corrected chi connectivity index (χ0v) is 15.6. The summed E-state index contributed by atoms with van der Waals surface area (Å²) in [6.45, 7) is 2.67. The first kappa shape index (κ1) is 18.5. The van der Waals surface area contributed by atoms with Crippen molar-refractivity contribution >= 4 is 23.3 Å². The highest BCUT2D eigenvalue weighted by Crippen LogP contribution is 2.33. The van der Waals surface area contributed by atoms with Gasteiger partial charge in [0.05, 0.1) is 12.8 Å². The zero-order valence-electron chi connectivity index (χ0n) is 15.6. The van der Waals surface area contributed by atoms with Crippen LogP contribution in [0.4, 0.5) is 16.2 Å². The van der Waals surface area contributed by atoms with Crippen LogP contribution in [0, 0.1) is 0 Å². The summed E-state index contributed by atoms with van der Waals surface area (Å²) in [5.41, 5.74) is 1.37. The number of benzene rings is 1. The molecule has 3 amide bonds. The van der Waals surface area contributed by atoms with E-state index < -0.39 is 0 Å². The maximum absolute atomic E-state index is 12.3. The van der Waals surface area contributed by atoms with Crippen molar-refractivity contribution in [1.82, 2.24) is 10.2 Å². The second-order valence-electron chi connectivity index (χ2n) is 7.07. The Hall–Kier alpha value is -2.28. The van der Waals surface area contributed by atoms with Crippen LogP contribution in [0.3, 0.4) is 0 Å². The van der Waals surface area contributed by atoms with Crippen molar-refractivity contribution in [2.24, 2.45) is 0 Å². The van der Waals surface area contributed by atoms with Gasteiger partial charge in [-0.15, -0.1) is 0 Å². The van der Waals surface area contributed by atoms with E-state index in [9.17, 15) is 9.59 Å². The number of carbonyl (C=O) groups is 2. The molecule has 26 heavy (non-hydrogen) atoms. The highest BCUT2D eigenvalue weighted by atomic mass is 16.5. The normalized spacial score (nSPS) is 19.3. The van der Waals surface area contributed by atoms with Crippen molar-refractivity contribution in [3.8, 4) is 5.75 Å². The smallest absolute Gasteiger partial charge is 0.319 e. The van der Waals surface area contributed by atoms with Crippen molar-refractivity contribution in [2.45, 2.75) is 38.1 Å². The van der Waals surface area contributed by atoms with E-state index in [0.29, 0.717) is 30.1 Å². The van der Waals surface area contributed by atoms with Gasteiger partial charge < -0.3 is 25.2 Å². The predicted octanol–water partition coefficient (Wildman–Crippen LogP) is 2.43. The lowest BCUT2D eigenvalue weighted by atomic mass is 10.1. The number of methoxy groups -OCH3 is 1. The number of hydrogen-bond donors (Lipinski definition) is 2. The minimum absolute atomic E-state index is 0.0995. The van der Waals surface area contributed by atoms with Crippen LogP contribution >= 0.6 is 0 Å². The number of carbonyl (C=O) groups excluding carboxylic acids is 2. The largest absolute Gasteiger partial charge is 0.495 e. The fourth-order valence-corrected chi connectivity index (χ4v) is 3.54. The van der Waals surface area contributed by atoms with Crippen molar-refractivity contribution in [3.05, 3.63) is 18.2 Å². The molecule has 142 valence electrons. The number of nitrogens with one attached hydrogen (secondary N) is 2. The molecule has 2 fully saturated rings. The van der Waals surface area contributed by atoms with Crippen LogP contribution in [0.5, 0.6) is 5.75 Å². The summed E-state index contributed by atoms with van der Waals surface area (Å²) in [5.74, 6) is 0.740. The number of amides is 3. The molecular weight excluding hydrogens is 332 g/mol. The molecule has 2 N–H and O–H groups in total. The molecule has 2 aliphatic rings. The summed E-state index contributed by atoms with van der Waals surface area (Å²) in [4.78, 5) is 28.6. The molecule has 2 heterocycles. The van der Waals surface area contributed by atoms with E-state index in [0.717, 1.165) is 38.8 Å². The molecular formula is C19H28N4O3. The molecule has 1 aromatic rings. The molecule has 0 bridgehead atoms. The highest BCUT2D eigenvalue weighted by molar-refractivity contribution is 5.97. The second-order valence-corrected chi connectivity index (χ2v) is 7.07. The predicted molar refractivity (Wildman–Crippen MR) is 102 cm³/mol. The van der Waals surface area contributed by atoms with Gasteiger partial charge in [0.25, 0.3) is 0 Å². The van der Waals surface area contributed by atoms with Gasteiger partial charge in [-0.2, -0.15) is 0 Å². The van der Waals surface area contributed by atoms with Crippen LogP contribution in [0.15, 0.2) is 18.2 Å². The maximum Gasteiger partial charge on any atom is 0.319 e. The number of nitrogens with zero attached hydrogens (tertiary/aromatic N) is 2. The molecule has 2 saturated heterocycles. The molecule has 2 aliphatic heterocycles.